The number of fused-ring (bicyclic) bond motifs is 9. The predicted molar refractivity (Wildman–Crippen MR) is 204 cm³/mol. The number of benzene rings is 7. The van der Waals surface area contributed by atoms with Crippen LogP contribution in [0.25, 0.3) is 105 Å². The van der Waals surface area contributed by atoms with Gasteiger partial charge in [-0.2, -0.15) is 0 Å². The first kappa shape index (κ1) is 27.1. The van der Waals surface area contributed by atoms with Gasteiger partial charge in [-0.15, -0.1) is 0 Å². The molecule has 50 heavy (non-hydrogen) atoms. The Morgan fingerprint density at radius 3 is 1.72 bits per heavy atom. The van der Waals surface area contributed by atoms with E-state index in [1.165, 1.54) is 38.1 Å². The van der Waals surface area contributed by atoms with E-state index < -0.39 is 0 Å². The monoisotopic (exact) mass is 638 g/mol. The molecule has 7 aromatic carbocycles. The van der Waals surface area contributed by atoms with Crippen molar-refractivity contribution in [1.82, 2.24) is 19.4 Å². The highest BCUT2D eigenvalue weighted by molar-refractivity contribution is 6.26. The number of hydrogen-bond acceptors (Lipinski definition) is 4. The van der Waals surface area contributed by atoms with E-state index in [0.717, 1.165) is 49.8 Å². The third-order valence-corrected chi connectivity index (χ3v) is 9.97. The maximum atomic E-state index is 6.60. The van der Waals surface area contributed by atoms with Crippen molar-refractivity contribution in [3.05, 3.63) is 158 Å². The topological polar surface area (TPSA) is 56.2 Å². The number of hydrogen-bond donors (Lipinski definition) is 0. The molecule has 11 rings (SSSR count). The van der Waals surface area contributed by atoms with E-state index in [4.69, 9.17) is 19.4 Å². The van der Waals surface area contributed by atoms with Gasteiger partial charge >= 0.3 is 0 Å². The number of aromatic nitrogens is 4. The van der Waals surface area contributed by atoms with Gasteiger partial charge < -0.3 is 8.82 Å². The smallest absolute Gasteiger partial charge is 0.164 e. The van der Waals surface area contributed by atoms with Gasteiger partial charge in [0.15, 0.2) is 17.5 Å². The van der Waals surface area contributed by atoms with Gasteiger partial charge in [0.05, 0.1) is 16.6 Å². The SMILES string of the molecule is c1ccc(-c2nc(-c3ccccc3)nc(-c3cccc(-c4cccc5oc6cc7c8cccc9c%10ccccc%10n(c7cc6c45)c98)c3)n2)cc1. The van der Waals surface area contributed by atoms with E-state index in [1.54, 1.807) is 0 Å². The van der Waals surface area contributed by atoms with Crippen molar-refractivity contribution in [1.29, 1.82) is 0 Å². The normalized spacial score (nSPS) is 12.0. The summed E-state index contributed by atoms with van der Waals surface area (Å²) in [5.41, 5.74) is 10.4. The van der Waals surface area contributed by atoms with Gasteiger partial charge in [0.2, 0.25) is 0 Å². The predicted octanol–water partition coefficient (Wildman–Crippen LogP) is 11.6. The van der Waals surface area contributed by atoms with Gasteiger partial charge in [-0.05, 0) is 41.5 Å². The summed E-state index contributed by atoms with van der Waals surface area (Å²) in [5, 5.41) is 7.18. The van der Waals surface area contributed by atoms with Crippen LogP contribution in [0.2, 0.25) is 0 Å². The molecule has 5 nitrogen and oxygen atoms in total. The molecule has 0 N–H and O–H groups in total. The van der Waals surface area contributed by atoms with Crippen LogP contribution in [-0.4, -0.2) is 19.4 Å². The van der Waals surface area contributed by atoms with Crippen molar-refractivity contribution in [2.75, 3.05) is 0 Å². The summed E-state index contributed by atoms with van der Waals surface area (Å²) in [6, 6.07) is 54.8. The van der Waals surface area contributed by atoms with Crippen LogP contribution in [0.15, 0.2) is 162 Å². The fourth-order valence-corrected chi connectivity index (χ4v) is 7.75. The van der Waals surface area contributed by atoms with E-state index >= 15 is 0 Å². The molecule has 0 spiro atoms. The number of para-hydroxylation sites is 2. The summed E-state index contributed by atoms with van der Waals surface area (Å²) in [6.07, 6.45) is 0. The van der Waals surface area contributed by atoms with Crippen LogP contribution in [0.5, 0.6) is 0 Å². The van der Waals surface area contributed by atoms with E-state index in [2.05, 4.69) is 101 Å². The van der Waals surface area contributed by atoms with Gasteiger partial charge in [-0.25, -0.2) is 15.0 Å². The summed E-state index contributed by atoms with van der Waals surface area (Å²) >= 11 is 0. The van der Waals surface area contributed by atoms with Crippen molar-refractivity contribution in [3.8, 4) is 45.3 Å². The van der Waals surface area contributed by atoms with Gasteiger partial charge in [0, 0.05) is 49.0 Å². The average molecular weight is 639 g/mol. The van der Waals surface area contributed by atoms with Crippen molar-refractivity contribution < 1.29 is 4.42 Å². The molecule has 0 radical (unpaired) electrons. The lowest BCUT2D eigenvalue weighted by Gasteiger charge is -2.10. The molecule has 0 saturated heterocycles. The van der Waals surface area contributed by atoms with Crippen molar-refractivity contribution in [2.24, 2.45) is 0 Å². The molecule has 0 aliphatic rings. The lowest BCUT2D eigenvalue weighted by Crippen LogP contribution is -2.00. The summed E-state index contributed by atoms with van der Waals surface area (Å²) in [5.74, 6) is 1.91. The summed E-state index contributed by atoms with van der Waals surface area (Å²) in [6.45, 7) is 0. The second-order valence-corrected chi connectivity index (χ2v) is 12.8. The highest BCUT2D eigenvalue weighted by Gasteiger charge is 2.21. The summed E-state index contributed by atoms with van der Waals surface area (Å²) in [4.78, 5) is 14.9. The van der Waals surface area contributed by atoms with Crippen LogP contribution >= 0.6 is 0 Å². The fourth-order valence-electron chi connectivity index (χ4n) is 7.75. The molecular formula is C45H26N4O. The van der Waals surface area contributed by atoms with Crippen molar-refractivity contribution in [2.45, 2.75) is 0 Å². The van der Waals surface area contributed by atoms with E-state index in [-0.39, 0.29) is 0 Å². The van der Waals surface area contributed by atoms with Gasteiger partial charge in [-0.3, -0.25) is 0 Å². The second kappa shape index (κ2) is 10.3. The fraction of sp³-hybridized carbons (Fsp3) is 0. The standard InChI is InChI=1S/C45H26N4O/c1-3-12-27(13-4-1)43-46-44(28-14-5-2-6-15-28)48-45(47-43)30-17-9-16-29(24-30)31-19-11-23-39-41(31)36-25-38-35(26-40(36)50-39)34-21-10-20-33-32-18-7-8-22-37(32)49(38)42(33)34/h1-26H. The molecule has 232 valence electrons. The molecule has 0 unspecified atom stereocenters. The van der Waals surface area contributed by atoms with Gasteiger partial charge in [-0.1, -0.05) is 127 Å². The van der Waals surface area contributed by atoms with Crippen LogP contribution in [0.3, 0.4) is 0 Å². The third-order valence-electron chi connectivity index (χ3n) is 9.97. The minimum absolute atomic E-state index is 0.628. The molecule has 0 atom stereocenters. The van der Waals surface area contributed by atoms with E-state index in [1.807, 2.05) is 60.7 Å². The Morgan fingerprint density at radius 1 is 0.380 bits per heavy atom. The largest absolute Gasteiger partial charge is 0.456 e. The van der Waals surface area contributed by atoms with Crippen LogP contribution in [-0.2, 0) is 0 Å². The molecular weight excluding hydrogens is 613 g/mol. The molecule has 0 aliphatic heterocycles. The highest BCUT2D eigenvalue weighted by atomic mass is 16.3. The lowest BCUT2D eigenvalue weighted by molar-refractivity contribution is 0.669. The van der Waals surface area contributed by atoms with E-state index in [0.29, 0.717) is 17.5 Å². The Hall–Kier alpha value is -6.85. The zero-order valence-corrected chi connectivity index (χ0v) is 26.7. The van der Waals surface area contributed by atoms with Crippen LogP contribution < -0.4 is 0 Å². The highest BCUT2D eigenvalue weighted by Crippen LogP contribution is 2.44. The number of rotatable bonds is 4. The van der Waals surface area contributed by atoms with E-state index in [9.17, 15) is 0 Å². The Kier molecular flexibility index (Phi) is 5.60. The average Bonchev–Trinajstić information content (AvgIpc) is 3.84. The molecule has 11 aromatic rings. The first-order valence-corrected chi connectivity index (χ1v) is 16.8. The number of furan rings is 1. The van der Waals surface area contributed by atoms with Gasteiger partial charge in [0.25, 0.3) is 0 Å². The molecule has 4 aromatic heterocycles. The first-order chi connectivity index (χ1) is 24.8. The van der Waals surface area contributed by atoms with Crippen LogP contribution in [0, 0.1) is 0 Å². The molecule has 0 amide bonds. The zero-order valence-electron chi connectivity index (χ0n) is 26.7. The molecule has 0 saturated carbocycles. The van der Waals surface area contributed by atoms with Crippen molar-refractivity contribution >= 4 is 60.0 Å². The molecule has 0 bridgehead atoms. The molecule has 4 heterocycles. The Bertz CT molecular complexity index is 3030. The second-order valence-electron chi connectivity index (χ2n) is 12.8. The van der Waals surface area contributed by atoms with Crippen LogP contribution in [0.4, 0.5) is 0 Å². The minimum Gasteiger partial charge on any atom is -0.456 e. The summed E-state index contributed by atoms with van der Waals surface area (Å²) < 4.78 is 9.02. The number of nitrogens with zero attached hydrogens (tertiary/aromatic N) is 4. The van der Waals surface area contributed by atoms with Crippen molar-refractivity contribution in [3.63, 3.8) is 0 Å². The molecule has 5 heteroatoms. The Balaban J connectivity index is 1.13. The Morgan fingerprint density at radius 2 is 0.960 bits per heavy atom. The third kappa shape index (κ3) is 3.92. The maximum Gasteiger partial charge on any atom is 0.164 e. The zero-order chi connectivity index (χ0) is 32.8. The molecule has 0 aliphatic carbocycles. The maximum absolute atomic E-state index is 6.60. The first-order valence-electron chi connectivity index (χ1n) is 16.8. The Labute approximate surface area is 286 Å². The van der Waals surface area contributed by atoms with Gasteiger partial charge in [0.1, 0.15) is 11.2 Å². The molecule has 0 fully saturated rings. The minimum atomic E-state index is 0.628. The quantitative estimate of drug-likeness (QED) is 0.192. The summed E-state index contributed by atoms with van der Waals surface area (Å²) in [7, 11) is 0. The lowest BCUT2D eigenvalue weighted by atomic mass is 9.97. The van der Waals surface area contributed by atoms with Crippen LogP contribution in [0.1, 0.15) is 0 Å².